The van der Waals surface area contributed by atoms with E-state index in [-0.39, 0.29) is 49.3 Å². The number of hydrogen-bond acceptors (Lipinski definition) is 10. The van der Waals surface area contributed by atoms with Gasteiger partial charge in [-0.15, -0.1) is 17.9 Å². The average Bonchev–Trinajstić information content (AvgIpc) is 4.04. The largest absolute Gasteiger partial charge is 0.494 e. The SMILES string of the molecule is C=C[C@@H]1C[C@]1(CC(=O)[C@@H]1C[C@@H](Oc2ncc(OC)c3ccc(Cl)cc23)CN1C(=O)[C@@H](Cc1nc(-c2ccccc2)cs1)C(C)(C)C)C(=O)NS(=O)(=O)C1CC1. The first kappa shape index (κ1) is 38.9. The van der Waals surface area contributed by atoms with Gasteiger partial charge in [0.05, 0.1) is 47.3 Å². The number of carbonyl (C=O) groups excluding carboxylic acids is 3. The Kier molecular flexibility index (Phi) is 10.6. The molecule has 4 aromatic rings. The Bertz CT molecular complexity index is 2250. The summed E-state index contributed by atoms with van der Waals surface area (Å²) in [7, 11) is -2.29. The molecule has 2 amide bonds. The molecule has 2 aromatic carbocycles. The Morgan fingerprint density at radius 2 is 1.89 bits per heavy atom. The normalized spacial score (nSPS) is 22.9. The molecule has 0 unspecified atom stereocenters. The van der Waals surface area contributed by atoms with Gasteiger partial charge in [-0.1, -0.05) is 68.8 Å². The Balaban J connectivity index is 1.19. The second-order valence-electron chi connectivity index (χ2n) is 15.9. The Hall–Kier alpha value is -4.33. The lowest BCUT2D eigenvalue weighted by Crippen LogP contribution is -2.48. The molecule has 11 nitrogen and oxygen atoms in total. The molecular formula is C41H45ClN4O7S2. The first-order chi connectivity index (χ1) is 26.1. The van der Waals surface area contributed by atoms with Crippen molar-refractivity contribution in [2.45, 2.75) is 76.7 Å². The minimum Gasteiger partial charge on any atom is -0.494 e. The van der Waals surface area contributed by atoms with Crippen LogP contribution in [-0.4, -0.2) is 71.9 Å². The van der Waals surface area contributed by atoms with Gasteiger partial charge < -0.3 is 14.4 Å². The fourth-order valence-corrected chi connectivity index (χ4v) is 10.0. The molecule has 2 aromatic heterocycles. The maximum Gasteiger partial charge on any atom is 0.240 e. The molecule has 2 saturated carbocycles. The molecule has 1 saturated heterocycles. The Morgan fingerprint density at radius 1 is 1.15 bits per heavy atom. The van der Waals surface area contributed by atoms with Gasteiger partial charge >= 0.3 is 0 Å². The molecule has 55 heavy (non-hydrogen) atoms. The van der Waals surface area contributed by atoms with Crippen molar-refractivity contribution in [2.75, 3.05) is 13.7 Å². The summed E-state index contributed by atoms with van der Waals surface area (Å²) in [5.74, 6) is -1.39. The van der Waals surface area contributed by atoms with Gasteiger partial charge in [0, 0.05) is 51.9 Å². The van der Waals surface area contributed by atoms with Crippen LogP contribution < -0.4 is 14.2 Å². The molecule has 0 radical (unpaired) electrons. The molecule has 2 aliphatic carbocycles. The number of rotatable bonds is 14. The fraction of sp³-hybridized carbons (Fsp3) is 0.439. The molecule has 14 heteroatoms. The summed E-state index contributed by atoms with van der Waals surface area (Å²) in [5, 5.41) is 4.01. The predicted octanol–water partition coefficient (Wildman–Crippen LogP) is 7.03. The maximum atomic E-state index is 14.9. The zero-order chi connectivity index (χ0) is 39.3. The molecular weight excluding hydrogens is 760 g/mol. The highest BCUT2D eigenvalue weighted by molar-refractivity contribution is 7.90. The van der Waals surface area contributed by atoms with Crippen molar-refractivity contribution < 1.29 is 32.3 Å². The number of ketones is 1. The highest BCUT2D eigenvalue weighted by Gasteiger charge is 2.61. The highest BCUT2D eigenvalue weighted by Crippen LogP contribution is 2.57. The van der Waals surface area contributed by atoms with Crippen LogP contribution in [-0.2, 0) is 30.8 Å². The summed E-state index contributed by atoms with van der Waals surface area (Å²) in [6.07, 6.45) is 4.04. The van der Waals surface area contributed by atoms with Crippen molar-refractivity contribution in [1.29, 1.82) is 0 Å². The van der Waals surface area contributed by atoms with Crippen molar-refractivity contribution in [2.24, 2.45) is 22.7 Å². The Labute approximate surface area is 330 Å². The third-order valence-electron chi connectivity index (χ3n) is 11.1. The summed E-state index contributed by atoms with van der Waals surface area (Å²) in [6, 6.07) is 14.2. The van der Waals surface area contributed by atoms with E-state index in [2.05, 4.69) is 16.3 Å². The molecule has 5 atom stereocenters. The van der Waals surface area contributed by atoms with Crippen LogP contribution in [0.3, 0.4) is 0 Å². The van der Waals surface area contributed by atoms with Crippen LogP contribution in [0.5, 0.6) is 11.6 Å². The number of hydrogen-bond donors (Lipinski definition) is 1. The van der Waals surface area contributed by atoms with Gasteiger partial charge in [0.1, 0.15) is 11.9 Å². The van der Waals surface area contributed by atoms with Crippen molar-refractivity contribution in [3.63, 3.8) is 0 Å². The van der Waals surface area contributed by atoms with E-state index >= 15 is 0 Å². The number of halogens is 1. The van der Waals surface area contributed by atoms with Crippen molar-refractivity contribution in [3.8, 4) is 22.9 Å². The van der Waals surface area contributed by atoms with Gasteiger partial charge in [0.2, 0.25) is 27.7 Å². The smallest absolute Gasteiger partial charge is 0.240 e. The van der Waals surface area contributed by atoms with E-state index in [0.29, 0.717) is 35.4 Å². The van der Waals surface area contributed by atoms with E-state index in [1.54, 1.807) is 36.4 Å². The van der Waals surface area contributed by atoms with Gasteiger partial charge in [-0.05, 0) is 48.8 Å². The Morgan fingerprint density at radius 3 is 2.55 bits per heavy atom. The lowest BCUT2D eigenvalue weighted by atomic mass is 9.77. The molecule has 7 rings (SSSR count). The topological polar surface area (TPSA) is 145 Å². The number of carbonyl (C=O) groups is 3. The number of methoxy groups -OCH3 is 1. The molecule has 3 heterocycles. The van der Waals surface area contributed by atoms with Crippen LogP contribution in [0, 0.1) is 22.7 Å². The van der Waals surface area contributed by atoms with Crippen LogP contribution in [0.25, 0.3) is 22.0 Å². The van der Waals surface area contributed by atoms with Gasteiger partial charge in [-0.25, -0.2) is 18.4 Å². The van der Waals surface area contributed by atoms with Crippen LogP contribution in [0.15, 0.2) is 72.8 Å². The van der Waals surface area contributed by atoms with E-state index in [9.17, 15) is 22.8 Å². The number of likely N-dealkylation sites (tertiary alicyclic amines) is 1. The lowest BCUT2D eigenvalue weighted by molar-refractivity contribution is -0.144. The van der Waals surface area contributed by atoms with E-state index < -0.39 is 50.1 Å². The number of aromatic nitrogens is 2. The van der Waals surface area contributed by atoms with Crippen molar-refractivity contribution in [1.82, 2.24) is 19.6 Å². The number of sulfonamides is 1. The summed E-state index contributed by atoms with van der Waals surface area (Å²) in [5.41, 5.74) is 0.0266. The lowest BCUT2D eigenvalue weighted by Gasteiger charge is -2.35. The van der Waals surface area contributed by atoms with E-state index in [1.807, 2.05) is 62.5 Å². The highest BCUT2D eigenvalue weighted by atomic mass is 35.5. The zero-order valence-corrected chi connectivity index (χ0v) is 33.7. The molecule has 3 fully saturated rings. The van der Waals surface area contributed by atoms with Crippen LogP contribution >= 0.6 is 22.9 Å². The average molecular weight is 805 g/mol. The molecule has 0 spiro atoms. The summed E-state index contributed by atoms with van der Waals surface area (Å²) < 4.78 is 39.9. The van der Waals surface area contributed by atoms with Crippen molar-refractivity contribution >= 4 is 61.3 Å². The van der Waals surface area contributed by atoms with E-state index in [1.165, 1.54) is 11.3 Å². The van der Waals surface area contributed by atoms with Crippen LogP contribution in [0.2, 0.25) is 5.02 Å². The number of allylic oxidation sites excluding steroid dienone is 1. The maximum absolute atomic E-state index is 14.9. The first-order valence-corrected chi connectivity index (χ1v) is 21.2. The minimum atomic E-state index is -3.84. The summed E-state index contributed by atoms with van der Waals surface area (Å²) >= 11 is 7.88. The van der Waals surface area contributed by atoms with Gasteiger partial charge in [-0.2, -0.15) is 0 Å². The summed E-state index contributed by atoms with van der Waals surface area (Å²) in [4.78, 5) is 54.1. The number of thiazole rings is 1. The fourth-order valence-electron chi connectivity index (χ4n) is 7.60. The standard InChI is InChI=1S/C41H45ClN4O7S2/c1-6-25-19-41(25,39(49)45-55(50,51)28-13-14-28)20-34(47)33-17-27(53-37-30-16-26(42)12-15-29(30)35(52-5)21-43-37)22-46(33)38(48)31(40(2,3)4)18-36-44-32(23-54-36)24-10-8-7-9-11-24/h6-12,15-16,21,23,25,27-28,31,33H,1,13-14,17-20,22H2,2-5H3,(H,45,49)/t25-,27-,31-,33+,41-/m1/s1. The van der Waals surface area contributed by atoms with Gasteiger partial charge in [0.15, 0.2) is 5.78 Å². The number of pyridine rings is 1. The number of nitrogens with one attached hydrogen (secondary N) is 1. The number of Topliss-reactive ketones (excluding diaryl/α,β-unsaturated/α-hetero) is 1. The number of ether oxygens (including phenoxy) is 2. The molecule has 1 aliphatic heterocycles. The molecule has 0 bridgehead atoms. The first-order valence-electron chi connectivity index (χ1n) is 18.4. The van der Waals surface area contributed by atoms with E-state index in [0.717, 1.165) is 21.7 Å². The van der Waals surface area contributed by atoms with E-state index in [4.69, 9.17) is 26.1 Å². The number of fused-ring (bicyclic) bond motifs is 1. The third-order valence-corrected chi connectivity index (χ3v) is 14.0. The van der Waals surface area contributed by atoms with Gasteiger partial charge in [-0.3, -0.25) is 19.1 Å². The number of nitrogens with zero attached hydrogens (tertiary/aromatic N) is 3. The number of amides is 2. The molecule has 3 aliphatic rings. The predicted molar refractivity (Wildman–Crippen MR) is 212 cm³/mol. The second-order valence-corrected chi connectivity index (χ2v) is 19.3. The van der Waals surface area contributed by atoms with Gasteiger partial charge in [0.25, 0.3) is 0 Å². The molecule has 1 N–H and O–H groups in total. The monoisotopic (exact) mass is 804 g/mol. The minimum absolute atomic E-state index is 0.0882. The summed E-state index contributed by atoms with van der Waals surface area (Å²) in [6.45, 7) is 9.93. The number of benzene rings is 2. The molecule has 290 valence electrons. The zero-order valence-electron chi connectivity index (χ0n) is 31.3. The van der Waals surface area contributed by atoms with Crippen LogP contribution in [0.4, 0.5) is 0 Å². The van der Waals surface area contributed by atoms with Crippen molar-refractivity contribution in [3.05, 3.63) is 82.8 Å². The van der Waals surface area contributed by atoms with Crippen LogP contribution in [0.1, 0.15) is 57.9 Å². The quantitative estimate of drug-likeness (QED) is 0.133. The third kappa shape index (κ3) is 8.01. The second kappa shape index (κ2) is 15.0.